The molecule has 0 aliphatic rings. The average molecular weight is 352 g/mol. The first-order chi connectivity index (χ1) is 9.70. The fourth-order valence-corrected chi connectivity index (χ4v) is 3.44. The van der Waals surface area contributed by atoms with Gasteiger partial charge in [-0.25, -0.2) is 17.6 Å². The summed E-state index contributed by atoms with van der Waals surface area (Å²) < 4.78 is 39.8. The summed E-state index contributed by atoms with van der Waals surface area (Å²) in [6.45, 7) is 1.62. The van der Waals surface area contributed by atoms with Crippen LogP contribution in [0.3, 0.4) is 0 Å². The van der Waals surface area contributed by atoms with Crippen LogP contribution in [-0.4, -0.2) is 29.7 Å². The SMILES string of the molecule is Cc1nnc(NS(=O)(=O)c2cc(F)c(Cl)c(C(=O)O)c2)s1. The van der Waals surface area contributed by atoms with Crippen LogP contribution in [0.2, 0.25) is 5.02 Å². The molecule has 21 heavy (non-hydrogen) atoms. The maximum Gasteiger partial charge on any atom is 0.337 e. The monoisotopic (exact) mass is 351 g/mol. The number of halogens is 2. The summed E-state index contributed by atoms with van der Waals surface area (Å²) in [4.78, 5) is 10.4. The van der Waals surface area contributed by atoms with Crippen LogP contribution in [0.15, 0.2) is 17.0 Å². The van der Waals surface area contributed by atoms with Gasteiger partial charge < -0.3 is 5.11 Å². The van der Waals surface area contributed by atoms with E-state index in [2.05, 4.69) is 14.9 Å². The lowest BCUT2D eigenvalue weighted by Gasteiger charge is -2.07. The van der Waals surface area contributed by atoms with Crippen LogP contribution in [0, 0.1) is 12.7 Å². The van der Waals surface area contributed by atoms with Crippen molar-refractivity contribution in [2.75, 3.05) is 4.72 Å². The molecule has 0 aliphatic carbocycles. The second kappa shape index (κ2) is 5.54. The van der Waals surface area contributed by atoms with Crippen molar-refractivity contribution in [3.8, 4) is 0 Å². The highest BCUT2D eigenvalue weighted by Gasteiger charge is 2.23. The van der Waals surface area contributed by atoms with Gasteiger partial charge in [0.25, 0.3) is 10.0 Å². The smallest absolute Gasteiger partial charge is 0.337 e. The summed E-state index contributed by atoms with van der Waals surface area (Å²) in [5.74, 6) is -2.69. The summed E-state index contributed by atoms with van der Waals surface area (Å²) in [5, 5.41) is 15.9. The Balaban J connectivity index is 2.47. The van der Waals surface area contributed by atoms with Gasteiger partial charge in [-0.1, -0.05) is 22.9 Å². The molecule has 112 valence electrons. The lowest BCUT2D eigenvalue weighted by Crippen LogP contribution is -2.14. The van der Waals surface area contributed by atoms with Crippen molar-refractivity contribution in [1.29, 1.82) is 0 Å². The minimum absolute atomic E-state index is 0.0141. The number of nitrogens with zero attached hydrogens (tertiary/aromatic N) is 2. The van der Waals surface area contributed by atoms with Gasteiger partial charge >= 0.3 is 5.97 Å². The standard InChI is InChI=1S/C10H7ClFN3O4S2/c1-4-13-14-10(20-4)15-21(18,19)5-2-6(9(16)17)8(11)7(12)3-5/h2-3H,1H3,(H,14,15)(H,16,17). The van der Waals surface area contributed by atoms with E-state index in [-0.39, 0.29) is 5.13 Å². The first kappa shape index (κ1) is 15.6. The van der Waals surface area contributed by atoms with Crippen molar-refractivity contribution in [1.82, 2.24) is 10.2 Å². The zero-order chi connectivity index (χ0) is 15.8. The Hall–Kier alpha value is -1.78. The number of nitrogens with one attached hydrogen (secondary N) is 1. The quantitative estimate of drug-likeness (QED) is 0.873. The molecule has 0 fully saturated rings. The number of benzene rings is 1. The fraction of sp³-hybridized carbons (Fsp3) is 0.100. The highest BCUT2D eigenvalue weighted by atomic mass is 35.5. The summed E-state index contributed by atoms with van der Waals surface area (Å²) in [5.41, 5.74) is -0.648. The predicted molar refractivity (Wildman–Crippen MR) is 73.8 cm³/mol. The van der Waals surface area contributed by atoms with E-state index in [1.54, 1.807) is 6.92 Å². The van der Waals surface area contributed by atoms with Crippen molar-refractivity contribution >= 4 is 44.1 Å². The molecule has 0 amide bonds. The number of carboxylic acid groups (broad SMARTS) is 1. The van der Waals surface area contributed by atoms with Crippen molar-refractivity contribution in [2.45, 2.75) is 11.8 Å². The van der Waals surface area contributed by atoms with Crippen molar-refractivity contribution < 1.29 is 22.7 Å². The molecular formula is C10H7ClFN3O4S2. The summed E-state index contributed by atoms with van der Waals surface area (Å²) >= 11 is 6.46. The average Bonchev–Trinajstić information content (AvgIpc) is 2.76. The Labute approximate surface area is 127 Å². The number of carboxylic acids is 1. The molecule has 2 rings (SSSR count). The normalized spacial score (nSPS) is 11.4. The molecule has 2 aromatic rings. The van der Waals surface area contributed by atoms with Gasteiger partial charge in [-0.2, -0.15) is 0 Å². The Bertz CT molecular complexity index is 822. The molecule has 2 N–H and O–H groups in total. The van der Waals surface area contributed by atoms with Crippen molar-refractivity contribution in [3.05, 3.63) is 33.5 Å². The first-order valence-corrected chi connectivity index (χ1v) is 7.94. The molecule has 0 radical (unpaired) electrons. The van der Waals surface area contributed by atoms with E-state index < -0.39 is 37.3 Å². The van der Waals surface area contributed by atoms with Crippen LogP contribution < -0.4 is 4.72 Å². The third-order valence-corrected chi connectivity index (χ3v) is 4.88. The van der Waals surface area contributed by atoms with Crippen LogP contribution >= 0.6 is 22.9 Å². The largest absolute Gasteiger partial charge is 0.478 e. The number of sulfonamides is 1. The highest BCUT2D eigenvalue weighted by Crippen LogP contribution is 2.26. The molecule has 0 saturated heterocycles. The van der Waals surface area contributed by atoms with Gasteiger partial charge in [0, 0.05) is 0 Å². The van der Waals surface area contributed by atoms with Crippen LogP contribution in [0.5, 0.6) is 0 Å². The molecule has 1 heterocycles. The Morgan fingerprint density at radius 3 is 2.62 bits per heavy atom. The number of anilines is 1. The molecule has 11 heteroatoms. The van der Waals surface area contributed by atoms with Crippen LogP contribution in [-0.2, 0) is 10.0 Å². The second-order valence-electron chi connectivity index (χ2n) is 3.80. The highest BCUT2D eigenvalue weighted by molar-refractivity contribution is 7.93. The van der Waals surface area contributed by atoms with Gasteiger partial charge in [-0.3, -0.25) is 4.72 Å². The van der Waals surface area contributed by atoms with Crippen molar-refractivity contribution in [2.24, 2.45) is 0 Å². The molecule has 0 atom stereocenters. The maximum absolute atomic E-state index is 13.6. The Morgan fingerprint density at radius 2 is 2.10 bits per heavy atom. The molecule has 0 saturated carbocycles. The summed E-state index contributed by atoms with van der Waals surface area (Å²) in [6.07, 6.45) is 0. The van der Waals surface area contributed by atoms with E-state index in [4.69, 9.17) is 16.7 Å². The van der Waals surface area contributed by atoms with Crippen molar-refractivity contribution in [3.63, 3.8) is 0 Å². The molecular weight excluding hydrogens is 345 g/mol. The molecule has 0 aliphatic heterocycles. The summed E-state index contributed by atoms with van der Waals surface area (Å²) in [6, 6.07) is 1.40. The number of hydrogen-bond acceptors (Lipinski definition) is 6. The first-order valence-electron chi connectivity index (χ1n) is 5.26. The third-order valence-electron chi connectivity index (χ3n) is 2.29. The van der Waals surface area contributed by atoms with Gasteiger partial charge in [0.15, 0.2) is 0 Å². The molecule has 0 unspecified atom stereocenters. The molecule has 0 spiro atoms. The molecule has 1 aromatic carbocycles. The van der Waals surface area contributed by atoms with Gasteiger partial charge in [-0.05, 0) is 19.1 Å². The van der Waals surface area contributed by atoms with Crippen LogP contribution in [0.1, 0.15) is 15.4 Å². The number of carbonyl (C=O) groups is 1. The van der Waals surface area contributed by atoms with E-state index in [0.717, 1.165) is 17.4 Å². The Kier molecular flexibility index (Phi) is 4.12. The number of aromatic nitrogens is 2. The van der Waals surface area contributed by atoms with E-state index in [1.807, 2.05) is 0 Å². The zero-order valence-electron chi connectivity index (χ0n) is 10.3. The minimum atomic E-state index is -4.20. The van der Waals surface area contributed by atoms with Gasteiger partial charge in [0.05, 0.1) is 15.5 Å². The number of aryl methyl sites for hydroxylation is 1. The maximum atomic E-state index is 13.6. The van der Waals surface area contributed by atoms with Crippen LogP contribution in [0.25, 0.3) is 0 Å². The number of aromatic carboxylic acids is 1. The van der Waals surface area contributed by atoms with E-state index in [1.165, 1.54) is 0 Å². The van der Waals surface area contributed by atoms with Crippen LogP contribution in [0.4, 0.5) is 9.52 Å². The minimum Gasteiger partial charge on any atom is -0.478 e. The Morgan fingerprint density at radius 1 is 1.43 bits per heavy atom. The lowest BCUT2D eigenvalue weighted by atomic mass is 10.2. The number of rotatable bonds is 4. The molecule has 1 aromatic heterocycles. The van der Waals surface area contributed by atoms with Gasteiger partial charge in [-0.15, -0.1) is 10.2 Å². The van der Waals surface area contributed by atoms with E-state index >= 15 is 0 Å². The fourth-order valence-electron chi connectivity index (χ4n) is 1.39. The van der Waals surface area contributed by atoms with Gasteiger partial charge in [0.2, 0.25) is 5.13 Å². The second-order valence-corrected chi connectivity index (χ2v) is 7.05. The third kappa shape index (κ3) is 3.28. The molecule has 7 nitrogen and oxygen atoms in total. The van der Waals surface area contributed by atoms with Gasteiger partial charge in [0.1, 0.15) is 10.8 Å². The molecule has 0 bridgehead atoms. The van der Waals surface area contributed by atoms with E-state index in [9.17, 15) is 17.6 Å². The predicted octanol–water partition coefficient (Wildman–Crippen LogP) is 2.14. The lowest BCUT2D eigenvalue weighted by molar-refractivity contribution is 0.0696. The summed E-state index contributed by atoms with van der Waals surface area (Å²) in [7, 11) is -4.20. The topological polar surface area (TPSA) is 109 Å². The number of hydrogen-bond donors (Lipinski definition) is 2. The van der Waals surface area contributed by atoms with E-state index in [0.29, 0.717) is 11.1 Å². The zero-order valence-corrected chi connectivity index (χ0v) is 12.7.